The monoisotopic (exact) mass is 700 g/mol. The number of aliphatic hydroxyl groups excluding tert-OH is 1. The first kappa shape index (κ1) is 33.7. The lowest BCUT2D eigenvalue weighted by molar-refractivity contribution is -0.159. The molecule has 0 saturated carbocycles. The number of ether oxygens (including phenoxy) is 2. The molecule has 0 radical (unpaired) electrons. The first-order valence-corrected chi connectivity index (χ1v) is 16.6. The Labute approximate surface area is 276 Å². The van der Waals surface area contributed by atoms with Gasteiger partial charge in [-0.15, -0.1) is 18.3 Å². The Kier molecular flexibility index (Phi) is 10.6. The highest BCUT2D eigenvalue weighted by molar-refractivity contribution is 9.09. The molecule has 1 aromatic heterocycles. The molecule has 3 aliphatic heterocycles. The quantitative estimate of drug-likeness (QED) is 0.116. The van der Waals surface area contributed by atoms with Crippen molar-refractivity contribution in [3.63, 3.8) is 0 Å². The summed E-state index contributed by atoms with van der Waals surface area (Å²) in [6, 6.07) is 6.39. The van der Waals surface area contributed by atoms with Crippen molar-refractivity contribution in [3.8, 4) is 0 Å². The summed E-state index contributed by atoms with van der Waals surface area (Å²) in [5.74, 6) is -3.38. The minimum Gasteiger partial charge on any atom is -0.460 e. The summed E-state index contributed by atoms with van der Waals surface area (Å²) in [5, 5.41) is 20.7. The largest absolute Gasteiger partial charge is 0.460 e. The van der Waals surface area contributed by atoms with E-state index in [2.05, 4.69) is 44.7 Å². The number of hydrogen-bond acceptors (Lipinski definition) is 9. The van der Waals surface area contributed by atoms with Crippen LogP contribution in [0.2, 0.25) is 0 Å². The van der Waals surface area contributed by atoms with E-state index in [4.69, 9.17) is 9.47 Å². The van der Waals surface area contributed by atoms with Gasteiger partial charge in [-0.1, -0.05) is 45.4 Å². The molecule has 2 N–H and O–H groups in total. The van der Waals surface area contributed by atoms with Gasteiger partial charge in [-0.25, -0.2) is 4.68 Å². The summed E-state index contributed by atoms with van der Waals surface area (Å²) in [6.45, 7) is 9.63. The van der Waals surface area contributed by atoms with E-state index in [0.29, 0.717) is 31.2 Å². The number of unbranched alkanes of at least 4 members (excludes halogenated alkanes) is 1. The van der Waals surface area contributed by atoms with Crippen LogP contribution in [0.25, 0.3) is 11.0 Å². The first-order chi connectivity index (χ1) is 22.2. The van der Waals surface area contributed by atoms with Gasteiger partial charge < -0.3 is 29.7 Å². The normalized spacial score (nSPS) is 27.0. The number of para-hydroxylation sites is 1. The molecule has 2 bridgehead atoms. The van der Waals surface area contributed by atoms with Crippen molar-refractivity contribution < 1.29 is 33.8 Å². The molecule has 0 aliphatic carbocycles. The van der Waals surface area contributed by atoms with Crippen LogP contribution < -0.4 is 5.32 Å². The number of rotatable bonds is 16. The lowest BCUT2D eigenvalue weighted by Crippen LogP contribution is -2.57. The number of allylic oxidation sites excluding steroid dienone is 1. The van der Waals surface area contributed by atoms with Gasteiger partial charge in [0.15, 0.2) is 0 Å². The average molecular weight is 702 g/mol. The molecule has 1 aromatic carbocycles. The van der Waals surface area contributed by atoms with Crippen molar-refractivity contribution in [2.45, 2.75) is 74.4 Å². The molecule has 5 rings (SSSR count). The predicted molar refractivity (Wildman–Crippen MR) is 171 cm³/mol. The predicted octanol–water partition coefficient (Wildman–Crippen LogP) is 1.94. The number of alkyl halides is 1. The van der Waals surface area contributed by atoms with E-state index in [9.17, 15) is 24.3 Å². The second kappa shape index (κ2) is 14.4. The second-order valence-corrected chi connectivity index (χ2v) is 13.2. The lowest BCUT2D eigenvalue weighted by atomic mass is 9.70. The molecule has 3 fully saturated rings. The average Bonchev–Trinajstić information content (AvgIpc) is 3.76. The molecule has 46 heavy (non-hydrogen) atoms. The van der Waals surface area contributed by atoms with Crippen LogP contribution in [0.5, 0.6) is 0 Å². The molecular formula is C32H41BrN6O7. The number of fused-ring (bicyclic) bond motifs is 2. The van der Waals surface area contributed by atoms with Crippen molar-refractivity contribution >= 4 is 50.7 Å². The molecule has 4 heterocycles. The third-order valence-electron chi connectivity index (χ3n) is 8.97. The topological polar surface area (TPSA) is 156 Å². The van der Waals surface area contributed by atoms with Crippen molar-refractivity contribution in [2.24, 2.45) is 11.8 Å². The summed E-state index contributed by atoms with van der Waals surface area (Å²) in [7, 11) is 0. The molecule has 1 unspecified atom stereocenters. The Morgan fingerprint density at radius 2 is 2.07 bits per heavy atom. The fraction of sp³-hybridized carbons (Fsp3) is 0.562. The smallest absolute Gasteiger partial charge is 0.312 e. The maximum absolute atomic E-state index is 14.6. The number of esters is 1. The summed E-state index contributed by atoms with van der Waals surface area (Å²) in [6.07, 6.45) is 3.99. The van der Waals surface area contributed by atoms with Crippen LogP contribution in [-0.2, 0) is 35.3 Å². The van der Waals surface area contributed by atoms with E-state index < -0.39 is 41.7 Å². The molecule has 14 heteroatoms. The van der Waals surface area contributed by atoms with Gasteiger partial charge in [-0.2, -0.15) is 0 Å². The number of nitrogens with zero attached hydrogens (tertiary/aromatic N) is 5. The van der Waals surface area contributed by atoms with Gasteiger partial charge in [0.1, 0.15) is 29.9 Å². The Bertz CT molecular complexity index is 1480. The number of nitrogens with one attached hydrogen (secondary N) is 1. The van der Waals surface area contributed by atoms with Crippen LogP contribution in [0.3, 0.4) is 0 Å². The molecule has 1 spiro atoms. The standard InChI is InChI=1S/C32H41BrN6O7/c1-4-6-13-24(41)34-18-20(3)45-31(44)25-26-29(42)38(15-9-10-16-40)28(32(26)17-21(33)27(25)46-32)30(43)37(14-5-2)19-39-23-12-8-7-11-22(23)35-36-39/h4-5,7-8,11-12,20-21,25-28,40H,1-2,6,9-10,13-19H2,3H3,(H,34,41)/t20-,21?,25-,26+,27-,28-,32+/m0/s1. The zero-order valence-corrected chi connectivity index (χ0v) is 27.5. The third-order valence-corrected chi connectivity index (χ3v) is 9.81. The Morgan fingerprint density at radius 3 is 2.80 bits per heavy atom. The van der Waals surface area contributed by atoms with Crippen LogP contribution in [0.4, 0.5) is 0 Å². The van der Waals surface area contributed by atoms with Gasteiger partial charge in [0.25, 0.3) is 0 Å². The van der Waals surface area contributed by atoms with Crippen LogP contribution in [0.15, 0.2) is 49.6 Å². The van der Waals surface area contributed by atoms with Gasteiger partial charge in [-0.05, 0) is 44.7 Å². The zero-order chi connectivity index (χ0) is 33.0. The maximum atomic E-state index is 14.6. The first-order valence-electron chi connectivity index (χ1n) is 15.7. The molecule has 248 valence electrons. The fourth-order valence-electron chi connectivity index (χ4n) is 6.94. The van der Waals surface area contributed by atoms with E-state index >= 15 is 0 Å². The Hall–Kier alpha value is -3.62. The minimum absolute atomic E-state index is 0.0593. The third kappa shape index (κ3) is 6.34. The molecule has 7 atom stereocenters. The SMILES string of the molecule is C=CCCC(=O)NC[C@H](C)OC(=O)[C@@H]1[C@H]2O[C@@]3(CC2Br)[C@H](C(=O)N(CC=C)Cn2nnc4ccccc42)N(CCCCO)C(=O)[C@@H]13. The van der Waals surface area contributed by atoms with E-state index in [0.717, 1.165) is 5.52 Å². The van der Waals surface area contributed by atoms with Crippen LogP contribution >= 0.6 is 15.9 Å². The number of carbonyl (C=O) groups excluding carboxylic acids is 4. The van der Waals surface area contributed by atoms with Crippen molar-refractivity contribution in [3.05, 3.63) is 49.6 Å². The van der Waals surface area contributed by atoms with Gasteiger partial charge in [-0.3, -0.25) is 19.2 Å². The van der Waals surface area contributed by atoms with E-state index in [-0.39, 0.29) is 61.9 Å². The van der Waals surface area contributed by atoms with E-state index in [1.807, 2.05) is 24.3 Å². The number of hydrogen-bond donors (Lipinski definition) is 2. The summed E-state index contributed by atoms with van der Waals surface area (Å²) < 4.78 is 14.0. The highest BCUT2D eigenvalue weighted by atomic mass is 79.9. The highest BCUT2D eigenvalue weighted by Gasteiger charge is 2.77. The van der Waals surface area contributed by atoms with E-state index in [1.165, 1.54) is 4.90 Å². The molecule has 3 amide bonds. The summed E-state index contributed by atoms with van der Waals surface area (Å²) >= 11 is 3.68. The minimum atomic E-state index is -1.28. The number of aromatic nitrogens is 3. The second-order valence-electron chi connectivity index (χ2n) is 12.1. The van der Waals surface area contributed by atoms with Gasteiger partial charge in [0.05, 0.1) is 30.0 Å². The Morgan fingerprint density at radius 1 is 1.28 bits per heavy atom. The molecule has 2 aromatic rings. The Balaban J connectivity index is 1.41. The molecule has 3 aliphatic rings. The fourth-order valence-corrected chi connectivity index (χ4v) is 7.88. The summed E-state index contributed by atoms with van der Waals surface area (Å²) in [4.78, 5) is 57.4. The van der Waals surface area contributed by atoms with E-state index in [1.54, 1.807) is 28.7 Å². The zero-order valence-electron chi connectivity index (χ0n) is 25.9. The van der Waals surface area contributed by atoms with Crippen molar-refractivity contribution in [2.75, 3.05) is 26.2 Å². The van der Waals surface area contributed by atoms with Crippen molar-refractivity contribution in [1.82, 2.24) is 30.1 Å². The van der Waals surface area contributed by atoms with Crippen LogP contribution in [0.1, 0.15) is 39.0 Å². The van der Waals surface area contributed by atoms with Crippen molar-refractivity contribution in [1.29, 1.82) is 0 Å². The van der Waals surface area contributed by atoms with Gasteiger partial charge in [0, 0.05) is 30.9 Å². The number of halogens is 1. The lowest BCUT2D eigenvalue weighted by Gasteiger charge is -2.37. The molecule has 3 saturated heterocycles. The van der Waals surface area contributed by atoms with Gasteiger partial charge >= 0.3 is 5.97 Å². The number of carbonyl (C=O) groups is 4. The van der Waals surface area contributed by atoms with Crippen LogP contribution in [0, 0.1) is 11.8 Å². The molecular weight excluding hydrogens is 660 g/mol. The number of aliphatic hydroxyl groups is 1. The number of benzene rings is 1. The van der Waals surface area contributed by atoms with Crippen LogP contribution in [-0.4, -0.2) is 109 Å². The van der Waals surface area contributed by atoms with Gasteiger partial charge in [0.2, 0.25) is 17.7 Å². The highest BCUT2D eigenvalue weighted by Crippen LogP contribution is 2.60. The number of amides is 3. The maximum Gasteiger partial charge on any atom is 0.312 e. The summed E-state index contributed by atoms with van der Waals surface area (Å²) in [5.41, 5.74) is 0.151. The number of likely N-dealkylation sites (tertiary alicyclic amines) is 1. The molecule has 13 nitrogen and oxygen atoms in total.